The highest BCUT2D eigenvalue weighted by atomic mass is 32.2. The molecule has 3 aliphatic rings. The Bertz CT molecular complexity index is 1060. The molecular weight excluding hydrogens is 561 g/mol. The minimum Gasteiger partial charge on any atom is -0.347 e. The van der Waals surface area contributed by atoms with E-state index in [0.29, 0.717) is 0 Å². The Morgan fingerprint density at radius 3 is 1.69 bits per heavy atom. The van der Waals surface area contributed by atoms with Gasteiger partial charge in [0.1, 0.15) is 5.60 Å². The van der Waals surface area contributed by atoms with E-state index in [9.17, 15) is 4.79 Å². The summed E-state index contributed by atoms with van der Waals surface area (Å²) in [6, 6.07) is 16.3. The van der Waals surface area contributed by atoms with Crippen molar-refractivity contribution in [2.75, 3.05) is 45.8 Å². The molecule has 5 rings (SSSR count). The highest BCUT2D eigenvalue weighted by Gasteiger charge is 2.66. The molecule has 0 aliphatic carbocycles. The molecule has 0 amide bonds. The summed E-state index contributed by atoms with van der Waals surface area (Å²) in [4.78, 5) is 17.7. The number of carbonyl (C=O) groups excluding carboxylic acids is 1. The van der Waals surface area contributed by atoms with Crippen molar-refractivity contribution >= 4 is 29.3 Å². The number of ketones is 1. The number of nitrogens with one attached hydrogen (secondary N) is 1. The smallest absolute Gasteiger partial charge is 0.225 e. The molecule has 1 N–H and O–H groups in total. The fourth-order valence-corrected chi connectivity index (χ4v) is 6.62. The van der Waals surface area contributed by atoms with E-state index < -0.39 is 11.3 Å². The van der Waals surface area contributed by atoms with Crippen molar-refractivity contribution in [2.45, 2.75) is 106 Å². The van der Waals surface area contributed by atoms with Crippen molar-refractivity contribution < 1.29 is 14.3 Å². The molecule has 234 valence electrons. The van der Waals surface area contributed by atoms with Crippen LogP contribution < -0.4 is 5.32 Å². The molecule has 42 heavy (non-hydrogen) atoms. The van der Waals surface area contributed by atoms with Crippen LogP contribution >= 0.6 is 23.5 Å². The molecule has 0 radical (unpaired) electrons. The molecule has 1 atom stereocenters. The van der Waals surface area contributed by atoms with E-state index in [1.807, 2.05) is 38.1 Å². The van der Waals surface area contributed by atoms with E-state index in [-0.39, 0.29) is 11.4 Å². The molecule has 3 aliphatic heterocycles. The molecule has 1 unspecified atom stereocenters. The number of epoxide rings is 1. The topological polar surface area (TPSA) is 54.1 Å². The molecule has 2 aromatic carbocycles. The summed E-state index contributed by atoms with van der Waals surface area (Å²) in [7, 11) is 1.69. The van der Waals surface area contributed by atoms with Gasteiger partial charge in [-0.05, 0) is 116 Å². The largest absolute Gasteiger partial charge is 0.347 e. The number of benzene rings is 2. The first-order valence-electron chi connectivity index (χ1n) is 15.7. The van der Waals surface area contributed by atoms with Crippen LogP contribution in [0, 0.1) is 0 Å². The summed E-state index contributed by atoms with van der Waals surface area (Å²) in [6.45, 7) is 12.8. The van der Waals surface area contributed by atoms with E-state index in [1.54, 1.807) is 30.6 Å². The fourth-order valence-electron chi connectivity index (χ4n) is 5.80. The SMILES string of the molecule is C1CCCNCC1.COC1(c2ccc(SC)cc2)OC1(C)C.CSc1ccc(C(=O)C(C)(C)N2CCCCCC2)cc1. The number of carbonyl (C=O) groups is 1. The normalized spacial score (nSPS) is 22.4. The van der Waals surface area contributed by atoms with Crippen LogP contribution in [0.1, 0.15) is 95.0 Å². The lowest BCUT2D eigenvalue weighted by molar-refractivity contribution is -0.0148. The van der Waals surface area contributed by atoms with Gasteiger partial charge in [0.25, 0.3) is 0 Å². The summed E-state index contributed by atoms with van der Waals surface area (Å²) in [6.07, 6.45) is 14.8. The number of hydrogen-bond acceptors (Lipinski definition) is 7. The molecular formula is C35H54N2O3S2. The van der Waals surface area contributed by atoms with Gasteiger partial charge in [0, 0.05) is 28.0 Å². The third kappa shape index (κ3) is 9.33. The molecule has 0 saturated carbocycles. The number of ether oxygens (including phenoxy) is 2. The van der Waals surface area contributed by atoms with Gasteiger partial charge in [-0.3, -0.25) is 9.69 Å². The van der Waals surface area contributed by atoms with Crippen molar-refractivity contribution in [3.63, 3.8) is 0 Å². The average molecular weight is 615 g/mol. The Kier molecular flexibility index (Phi) is 13.9. The van der Waals surface area contributed by atoms with Crippen LogP contribution in [0.5, 0.6) is 0 Å². The Hall–Kier alpha value is -1.35. The van der Waals surface area contributed by atoms with Crippen LogP contribution in [0.4, 0.5) is 0 Å². The van der Waals surface area contributed by atoms with Crippen molar-refractivity contribution in [3.05, 3.63) is 59.7 Å². The van der Waals surface area contributed by atoms with Gasteiger partial charge >= 0.3 is 0 Å². The zero-order valence-corrected chi connectivity index (χ0v) is 28.7. The number of methoxy groups -OCH3 is 1. The second-order valence-electron chi connectivity index (χ2n) is 12.3. The molecule has 0 aromatic heterocycles. The lowest BCUT2D eigenvalue weighted by atomic mass is 9.91. The predicted octanol–water partition coefficient (Wildman–Crippen LogP) is 8.41. The molecule has 0 bridgehead atoms. The molecule has 5 nitrogen and oxygen atoms in total. The lowest BCUT2D eigenvalue weighted by Crippen LogP contribution is -2.50. The molecule has 2 aromatic rings. The lowest BCUT2D eigenvalue weighted by Gasteiger charge is -2.36. The number of rotatable bonds is 7. The maximum absolute atomic E-state index is 12.8. The van der Waals surface area contributed by atoms with Crippen LogP contribution in [0.15, 0.2) is 58.3 Å². The minimum atomic E-state index is -0.538. The van der Waals surface area contributed by atoms with Gasteiger partial charge in [0.2, 0.25) is 5.79 Å². The van der Waals surface area contributed by atoms with Crippen molar-refractivity contribution in [3.8, 4) is 0 Å². The highest BCUT2D eigenvalue weighted by Crippen LogP contribution is 2.55. The van der Waals surface area contributed by atoms with E-state index in [1.165, 1.54) is 74.2 Å². The molecule has 7 heteroatoms. The summed E-state index contributed by atoms with van der Waals surface area (Å²) in [5.74, 6) is -0.295. The van der Waals surface area contributed by atoms with Gasteiger partial charge in [0.15, 0.2) is 5.78 Å². The van der Waals surface area contributed by atoms with Gasteiger partial charge in [-0.1, -0.05) is 49.9 Å². The maximum Gasteiger partial charge on any atom is 0.225 e. The molecule has 3 saturated heterocycles. The first-order valence-corrected chi connectivity index (χ1v) is 18.1. The van der Waals surface area contributed by atoms with Crippen LogP contribution in [-0.4, -0.2) is 67.6 Å². The Morgan fingerprint density at radius 2 is 1.26 bits per heavy atom. The zero-order valence-electron chi connectivity index (χ0n) is 27.1. The number of likely N-dealkylation sites (tertiary alicyclic amines) is 1. The van der Waals surface area contributed by atoms with E-state index in [4.69, 9.17) is 9.47 Å². The quantitative estimate of drug-likeness (QED) is 0.191. The van der Waals surface area contributed by atoms with Gasteiger partial charge < -0.3 is 14.8 Å². The van der Waals surface area contributed by atoms with E-state index in [2.05, 4.69) is 60.8 Å². The summed E-state index contributed by atoms with van der Waals surface area (Å²) >= 11 is 3.44. The third-order valence-electron chi connectivity index (χ3n) is 8.67. The van der Waals surface area contributed by atoms with Crippen LogP contribution in [0.2, 0.25) is 0 Å². The van der Waals surface area contributed by atoms with E-state index >= 15 is 0 Å². The predicted molar refractivity (Wildman–Crippen MR) is 180 cm³/mol. The standard InChI is InChI=1S/C17H25NOS.C12H16O2S.C6H13N/c1-17(2,18-12-6-4-5-7-13-18)16(19)14-8-10-15(20-3)11-9-14;1-11(2)12(13-3,14-11)9-5-7-10(15-4)8-6-9;1-2-4-6-7-5-3-1/h8-11H,4-7,12-13H2,1-3H3;5-8H,1-4H3;7H,1-6H2. The number of Topliss-reactive ketones (excluding diaryl/α,β-unsaturated/α-hetero) is 1. The monoisotopic (exact) mass is 614 g/mol. The number of hydrogen-bond donors (Lipinski definition) is 1. The van der Waals surface area contributed by atoms with Gasteiger partial charge in [-0.25, -0.2) is 0 Å². The van der Waals surface area contributed by atoms with Gasteiger partial charge in [-0.2, -0.15) is 0 Å². The minimum absolute atomic E-state index is 0.220. The van der Waals surface area contributed by atoms with Crippen LogP contribution in [-0.2, 0) is 15.3 Å². The summed E-state index contributed by atoms with van der Waals surface area (Å²) in [5.41, 5.74) is 1.30. The molecule has 3 heterocycles. The summed E-state index contributed by atoms with van der Waals surface area (Å²) < 4.78 is 11.2. The average Bonchev–Trinajstić information content (AvgIpc) is 3.76. The second-order valence-corrected chi connectivity index (χ2v) is 14.1. The molecule has 3 fully saturated rings. The van der Waals surface area contributed by atoms with Crippen molar-refractivity contribution in [1.82, 2.24) is 10.2 Å². The Morgan fingerprint density at radius 1 is 0.810 bits per heavy atom. The third-order valence-corrected chi connectivity index (χ3v) is 10.2. The number of nitrogens with zero attached hydrogens (tertiary/aromatic N) is 1. The van der Waals surface area contributed by atoms with Gasteiger partial charge in [0.05, 0.1) is 5.54 Å². The number of thioether (sulfide) groups is 2. The van der Waals surface area contributed by atoms with Crippen molar-refractivity contribution in [1.29, 1.82) is 0 Å². The van der Waals surface area contributed by atoms with Crippen LogP contribution in [0.25, 0.3) is 0 Å². The first kappa shape index (κ1) is 35.1. The Balaban J connectivity index is 0.000000192. The summed E-state index contributed by atoms with van der Waals surface area (Å²) in [5, 5.41) is 3.35. The highest BCUT2D eigenvalue weighted by molar-refractivity contribution is 7.98. The van der Waals surface area contributed by atoms with Crippen molar-refractivity contribution in [2.24, 2.45) is 0 Å². The Labute approximate surface area is 264 Å². The fraction of sp³-hybridized carbons (Fsp3) is 0.629. The molecule has 0 spiro atoms. The maximum atomic E-state index is 12.8. The van der Waals surface area contributed by atoms with Crippen LogP contribution in [0.3, 0.4) is 0 Å². The second kappa shape index (κ2) is 16.6. The van der Waals surface area contributed by atoms with Gasteiger partial charge in [-0.15, -0.1) is 23.5 Å². The first-order chi connectivity index (χ1) is 20.1. The van der Waals surface area contributed by atoms with E-state index in [0.717, 1.165) is 24.2 Å². The zero-order chi connectivity index (χ0) is 30.6.